The minimum Gasteiger partial charge on any atom is -0.206 e. The molecule has 13 heteroatoms. The van der Waals surface area contributed by atoms with Gasteiger partial charge in [-0.25, -0.2) is 34.4 Å². The van der Waals surface area contributed by atoms with Gasteiger partial charge in [-0.2, -0.15) is 8.42 Å². The van der Waals surface area contributed by atoms with Crippen LogP contribution in [0.1, 0.15) is 0 Å². The molecule has 0 spiro atoms. The van der Waals surface area contributed by atoms with Crippen LogP contribution >= 0.6 is 0 Å². The topological polar surface area (TPSA) is 102 Å². The molecule has 0 aliphatic heterocycles. The molecule has 0 amide bonds. The van der Waals surface area contributed by atoms with Crippen molar-refractivity contribution in [2.75, 3.05) is 0 Å². The predicted molar refractivity (Wildman–Crippen MR) is 76.0 cm³/mol. The van der Waals surface area contributed by atoms with Crippen molar-refractivity contribution in [3.05, 3.63) is 59.7 Å². The monoisotopic (exact) mass is 418 g/mol. The van der Waals surface area contributed by atoms with Gasteiger partial charge in [0, 0.05) is 0 Å². The Kier molecular flexibility index (Phi) is 4.69. The summed E-state index contributed by atoms with van der Waals surface area (Å²) in [6.07, 6.45) is 0. The standard InChI is InChI=1S/C12H6F4O6S3/c13-7-3-1-5-9(11(7)15)23(17,18)25(21,22)24(19,20)10-6-2-4-8(14)12(10)16/h1-6H. The van der Waals surface area contributed by atoms with Crippen LogP contribution in [0.3, 0.4) is 0 Å². The lowest BCUT2D eigenvalue weighted by atomic mass is 10.3. The van der Waals surface area contributed by atoms with Gasteiger partial charge in [-0.1, -0.05) is 12.1 Å². The first kappa shape index (κ1) is 19.3. The van der Waals surface area contributed by atoms with Gasteiger partial charge in [-0.3, -0.25) is 0 Å². The van der Waals surface area contributed by atoms with Gasteiger partial charge < -0.3 is 0 Å². The Morgan fingerprint density at radius 1 is 0.560 bits per heavy atom. The highest BCUT2D eigenvalue weighted by Gasteiger charge is 2.48. The lowest BCUT2D eigenvalue weighted by Crippen LogP contribution is -2.26. The van der Waals surface area contributed by atoms with Crippen LogP contribution in [0, 0.1) is 23.3 Å². The van der Waals surface area contributed by atoms with Gasteiger partial charge in [-0.15, -0.1) is 0 Å². The van der Waals surface area contributed by atoms with E-state index in [1.807, 2.05) is 0 Å². The van der Waals surface area contributed by atoms with E-state index in [-0.39, 0.29) is 0 Å². The highest BCUT2D eigenvalue weighted by molar-refractivity contribution is 8.99. The van der Waals surface area contributed by atoms with Crippen molar-refractivity contribution in [2.45, 2.75) is 9.79 Å². The predicted octanol–water partition coefficient (Wildman–Crippen LogP) is 1.74. The van der Waals surface area contributed by atoms with E-state index in [0.717, 1.165) is 0 Å². The summed E-state index contributed by atoms with van der Waals surface area (Å²) in [5.74, 6) is -7.79. The third-order valence-corrected chi connectivity index (χ3v) is 13.2. The molecule has 0 aliphatic rings. The molecule has 0 saturated heterocycles. The van der Waals surface area contributed by atoms with E-state index in [0.29, 0.717) is 36.4 Å². The molecule has 6 nitrogen and oxygen atoms in total. The fourth-order valence-corrected chi connectivity index (χ4v) is 9.73. The van der Waals surface area contributed by atoms with Crippen LogP contribution < -0.4 is 0 Å². The van der Waals surface area contributed by atoms with Crippen LogP contribution in [-0.4, -0.2) is 25.3 Å². The number of hydrogen-bond acceptors (Lipinski definition) is 6. The van der Waals surface area contributed by atoms with E-state index in [9.17, 15) is 42.8 Å². The van der Waals surface area contributed by atoms with Crippen molar-refractivity contribution in [2.24, 2.45) is 0 Å². The first-order valence-corrected chi connectivity index (χ1v) is 11.5. The van der Waals surface area contributed by atoms with Crippen LogP contribution in [0.15, 0.2) is 46.2 Å². The van der Waals surface area contributed by atoms with E-state index in [2.05, 4.69) is 0 Å². The van der Waals surface area contributed by atoms with Gasteiger partial charge in [0.2, 0.25) is 0 Å². The summed E-state index contributed by atoms with van der Waals surface area (Å²) in [5, 5.41) is 0. The summed E-state index contributed by atoms with van der Waals surface area (Å²) in [5.41, 5.74) is 0. The second-order valence-electron chi connectivity index (χ2n) is 4.42. The zero-order chi connectivity index (χ0) is 19.2. The smallest absolute Gasteiger partial charge is 0.206 e. The van der Waals surface area contributed by atoms with Crippen molar-refractivity contribution >= 4 is 25.6 Å². The van der Waals surface area contributed by atoms with Crippen molar-refractivity contribution in [1.29, 1.82) is 0 Å². The van der Waals surface area contributed by atoms with Crippen molar-refractivity contribution in [3.63, 3.8) is 0 Å². The molecule has 0 heterocycles. The van der Waals surface area contributed by atoms with Gasteiger partial charge in [0.1, 0.15) is 9.79 Å². The van der Waals surface area contributed by atoms with Crippen molar-refractivity contribution in [3.8, 4) is 0 Å². The Balaban J connectivity index is 2.81. The van der Waals surface area contributed by atoms with E-state index in [1.54, 1.807) is 0 Å². The molecule has 0 saturated carbocycles. The Labute approximate surface area is 138 Å². The average molecular weight is 418 g/mol. The largest absolute Gasteiger partial charge is 0.366 e. The Hall–Kier alpha value is -1.99. The summed E-state index contributed by atoms with van der Waals surface area (Å²) in [6.45, 7) is 0. The molecule has 0 atom stereocenters. The molecule has 2 rings (SSSR count). The number of rotatable bonds is 4. The molecular weight excluding hydrogens is 412 g/mol. The summed E-state index contributed by atoms with van der Waals surface area (Å²) < 4.78 is 126. The first-order chi connectivity index (χ1) is 11.4. The molecule has 0 unspecified atom stereocenters. The Morgan fingerprint density at radius 3 is 1.20 bits per heavy atom. The summed E-state index contributed by atoms with van der Waals surface area (Å²) in [6, 6.07) is 2.78. The highest BCUT2D eigenvalue weighted by atomic mass is 33.6. The van der Waals surface area contributed by atoms with Crippen LogP contribution in [0.4, 0.5) is 17.6 Å². The molecule has 0 fully saturated rings. The quantitative estimate of drug-likeness (QED) is 0.554. The van der Waals surface area contributed by atoms with Crippen LogP contribution in [-0.2, 0) is 25.6 Å². The first-order valence-electron chi connectivity index (χ1n) is 5.99. The molecule has 0 N–H and O–H groups in total. The second kappa shape index (κ2) is 6.07. The molecule has 136 valence electrons. The fourth-order valence-electron chi connectivity index (χ4n) is 1.69. The lowest BCUT2D eigenvalue weighted by Gasteiger charge is -2.09. The molecule has 0 bridgehead atoms. The van der Waals surface area contributed by atoms with Gasteiger partial charge in [0.25, 0.3) is 17.7 Å². The molecule has 0 aliphatic carbocycles. The lowest BCUT2D eigenvalue weighted by molar-refractivity contribution is 0.485. The summed E-state index contributed by atoms with van der Waals surface area (Å²) >= 11 is 0. The Bertz CT molecular complexity index is 1080. The van der Waals surface area contributed by atoms with Gasteiger partial charge in [0.15, 0.2) is 23.3 Å². The molecule has 25 heavy (non-hydrogen) atoms. The van der Waals surface area contributed by atoms with Crippen molar-refractivity contribution in [1.82, 2.24) is 0 Å². The van der Waals surface area contributed by atoms with E-state index in [4.69, 9.17) is 0 Å². The molecule has 0 radical (unpaired) electrons. The minimum atomic E-state index is -6.39. The molecule has 0 aromatic heterocycles. The maximum absolute atomic E-state index is 13.6. The SMILES string of the molecule is O=S(=O)(c1cccc(F)c1F)S(=O)(=O)S(=O)(=O)c1cccc(F)c1F. The third-order valence-electron chi connectivity index (χ3n) is 2.91. The third kappa shape index (κ3) is 2.81. The van der Waals surface area contributed by atoms with Gasteiger partial charge in [0.05, 0.1) is 0 Å². The minimum absolute atomic E-state index is 0.308. The van der Waals surface area contributed by atoms with E-state index >= 15 is 0 Å². The van der Waals surface area contributed by atoms with E-state index < -0.39 is 58.7 Å². The number of hydrogen-bond donors (Lipinski definition) is 0. The normalized spacial score (nSPS) is 13.0. The highest BCUT2D eigenvalue weighted by Crippen LogP contribution is 2.31. The zero-order valence-electron chi connectivity index (χ0n) is 11.7. The fraction of sp³-hybridized carbons (Fsp3) is 0. The summed E-state index contributed by atoms with van der Waals surface area (Å²) in [4.78, 5) is -3.57. The number of benzene rings is 2. The average Bonchev–Trinajstić information content (AvgIpc) is 2.51. The maximum atomic E-state index is 13.6. The van der Waals surface area contributed by atoms with Crippen LogP contribution in [0.25, 0.3) is 0 Å². The van der Waals surface area contributed by atoms with Crippen LogP contribution in [0.5, 0.6) is 0 Å². The van der Waals surface area contributed by atoms with Crippen LogP contribution in [0.2, 0.25) is 0 Å². The number of halogens is 4. The molecule has 2 aromatic carbocycles. The molecule has 2 aromatic rings. The van der Waals surface area contributed by atoms with E-state index in [1.165, 1.54) is 0 Å². The zero-order valence-corrected chi connectivity index (χ0v) is 14.1. The van der Waals surface area contributed by atoms with Gasteiger partial charge >= 0.3 is 7.90 Å². The second-order valence-corrected chi connectivity index (χ2v) is 13.8. The molecular formula is C12H6F4O6S3. The Morgan fingerprint density at radius 2 is 0.880 bits per heavy atom. The van der Waals surface area contributed by atoms with Crippen molar-refractivity contribution < 1.29 is 42.8 Å². The summed E-state index contributed by atoms with van der Waals surface area (Å²) in [7, 11) is -18.5. The van der Waals surface area contributed by atoms with Gasteiger partial charge in [-0.05, 0) is 24.3 Å². The maximum Gasteiger partial charge on any atom is 0.366 e.